The summed E-state index contributed by atoms with van der Waals surface area (Å²) >= 11 is 6.73. The lowest BCUT2D eigenvalue weighted by atomic mass is 10.1. The van der Waals surface area contributed by atoms with Crippen molar-refractivity contribution in [1.29, 1.82) is 0 Å². The molecule has 4 heterocycles. The molecule has 0 spiro atoms. The van der Waals surface area contributed by atoms with Crippen LogP contribution in [0.4, 0.5) is 5.88 Å². The first kappa shape index (κ1) is 25.4. The fourth-order valence-electron chi connectivity index (χ4n) is 4.51. The summed E-state index contributed by atoms with van der Waals surface area (Å²) in [5.74, 6) is 1.99. The van der Waals surface area contributed by atoms with E-state index in [4.69, 9.17) is 21.1 Å². The van der Waals surface area contributed by atoms with Gasteiger partial charge in [0.25, 0.3) is 5.91 Å². The number of thiocarbonyl (C=S) groups is 1. The van der Waals surface area contributed by atoms with Crippen LogP contribution in [0.5, 0.6) is 0 Å². The minimum atomic E-state index is -0.165. The number of benzene rings is 1. The molecular formula is C28H29N3O4S2. The van der Waals surface area contributed by atoms with Crippen LogP contribution >= 0.6 is 24.0 Å². The van der Waals surface area contributed by atoms with Gasteiger partial charge in [0.15, 0.2) is 5.88 Å². The number of piperidine rings is 1. The first-order valence-electron chi connectivity index (χ1n) is 12.5. The molecule has 0 radical (unpaired) electrons. The molecule has 9 heteroatoms. The van der Waals surface area contributed by atoms with Crippen LogP contribution in [0.2, 0.25) is 0 Å². The molecule has 0 aliphatic carbocycles. The van der Waals surface area contributed by atoms with Gasteiger partial charge in [-0.3, -0.25) is 14.5 Å². The minimum Gasteiger partial charge on any atom is -0.467 e. The van der Waals surface area contributed by atoms with Gasteiger partial charge in [0, 0.05) is 32.1 Å². The molecule has 2 aliphatic rings. The lowest BCUT2D eigenvalue weighted by Crippen LogP contribution is -2.35. The summed E-state index contributed by atoms with van der Waals surface area (Å²) in [4.78, 5) is 32.4. The first-order valence-corrected chi connectivity index (χ1v) is 13.7. The molecule has 2 fully saturated rings. The van der Waals surface area contributed by atoms with Crippen LogP contribution in [0.25, 0.3) is 6.08 Å². The van der Waals surface area contributed by atoms with Crippen molar-refractivity contribution in [2.45, 2.75) is 38.8 Å². The minimum absolute atomic E-state index is 0.103. The highest BCUT2D eigenvalue weighted by Gasteiger charge is 2.32. The normalized spacial score (nSPS) is 17.1. The molecule has 3 aromatic rings. The van der Waals surface area contributed by atoms with Crippen molar-refractivity contribution < 1.29 is 18.4 Å². The average Bonchev–Trinajstić information content (AvgIpc) is 3.66. The van der Waals surface area contributed by atoms with Crippen LogP contribution in [0.1, 0.15) is 42.8 Å². The number of amides is 2. The molecule has 2 aromatic heterocycles. The van der Waals surface area contributed by atoms with E-state index in [1.807, 2.05) is 54.6 Å². The number of carbonyl (C=O) groups is 2. The highest BCUT2D eigenvalue weighted by atomic mass is 32.2. The number of nitrogens with zero attached hydrogens (tertiary/aromatic N) is 3. The van der Waals surface area contributed by atoms with Crippen LogP contribution in [0, 0.1) is 0 Å². The van der Waals surface area contributed by atoms with Crippen molar-refractivity contribution in [2.75, 3.05) is 24.5 Å². The maximum Gasteiger partial charge on any atom is 0.266 e. The maximum absolute atomic E-state index is 13.4. The van der Waals surface area contributed by atoms with Gasteiger partial charge in [-0.25, -0.2) is 0 Å². The van der Waals surface area contributed by atoms with Crippen LogP contribution in [0.3, 0.4) is 0 Å². The monoisotopic (exact) mass is 535 g/mol. The smallest absolute Gasteiger partial charge is 0.266 e. The van der Waals surface area contributed by atoms with E-state index in [0.29, 0.717) is 28.1 Å². The molecule has 0 saturated carbocycles. The van der Waals surface area contributed by atoms with Gasteiger partial charge in [-0.15, -0.1) is 0 Å². The van der Waals surface area contributed by atoms with E-state index in [0.717, 1.165) is 43.1 Å². The number of carbonyl (C=O) groups excluding carboxylic acids is 2. The Morgan fingerprint density at radius 3 is 2.54 bits per heavy atom. The molecule has 2 amide bonds. The summed E-state index contributed by atoms with van der Waals surface area (Å²) < 4.78 is 12.1. The second-order valence-corrected chi connectivity index (χ2v) is 10.8. The number of thioether (sulfide) groups is 1. The summed E-state index contributed by atoms with van der Waals surface area (Å²) in [6, 6.07) is 17.2. The molecule has 7 nitrogen and oxygen atoms in total. The first-order chi connectivity index (χ1) is 18.1. The highest BCUT2D eigenvalue weighted by Crippen LogP contribution is 2.33. The predicted octanol–water partition coefficient (Wildman–Crippen LogP) is 5.68. The zero-order valence-corrected chi connectivity index (χ0v) is 22.1. The SMILES string of the molecule is O=C(CCN1C(=O)/C(=C/c2ccccc2)SC1=S)N(Cc1ccco1)Cc1ccc(N2CCCCC2)o1. The Labute approximate surface area is 226 Å². The zero-order valence-electron chi connectivity index (χ0n) is 20.5. The molecule has 0 unspecified atom stereocenters. The summed E-state index contributed by atoms with van der Waals surface area (Å²) in [5, 5.41) is 0. The van der Waals surface area contributed by atoms with Crippen LogP contribution in [-0.2, 0) is 22.7 Å². The predicted molar refractivity (Wildman–Crippen MR) is 149 cm³/mol. The van der Waals surface area contributed by atoms with Crippen molar-refractivity contribution in [3.05, 3.63) is 82.8 Å². The summed E-state index contributed by atoms with van der Waals surface area (Å²) in [6.07, 6.45) is 7.15. The molecule has 0 N–H and O–H groups in total. The van der Waals surface area contributed by atoms with Gasteiger partial charge in [-0.05, 0) is 49.1 Å². The Morgan fingerprint density at radius 2 is 1.78 bits per heavy atom. The molecule has 1 aromatic carbocycles. The number of anilines is 1. The molecule has 192 valence electrons. The second kappa shape index (κ2) is 11.8. The van der Waals surface area contributed by atoms with E-state index in [2.05, 4.69) is 4.90 Å². The fraction of sp³-hybridized carbons (Fsp3) is 0.321. The summed E-state index contributed by atoms with van der Waals surface area (Å²) in [6.45, 7) is 2.84. The third kappa shape index (κ3) is 6.34. The van der Waals surface area contributed by atoms with Gasteiger partial charge in [0.2, 0.25) is 5.91 Å². The molecule has 37 heavy (non-hydrogen) atoms. The van der Waals surface area contributed by atoms with Crippen LogP contribution < -0.4 is 4.90 Å². The molecule has 2 saturated heterocycles. The Kier molecular flexibility index (Phi) is 8.11. The number of furan rings is 2. The van der Waals surface area contributed by atoms with Crippen molar-refractivity contribution in [3.63, 3.8) is 0 Å². The summed E-state index contributed by atoms with van der Waals surface area (Å²) in [5.41, 5.74) is 0.936. The maximum atomic E-state index is 13.4. The topological polar surface area (TPSA) is 70.1 Å². The van der Waals surface area contributed by atoms with Crippen molar-refractivity contribution in [2.24, 2.45) is 0 Å². The Hall–Kier alpha value is -3.30. The van der Waals surface area contributed by atoms with E-state index in [1.165, 1.54) is 23.1 Å². The van der Waals surface area contributed by atoms with Gasteiger partial charge in [0.05, 0.1) is 24.3 Å². The average molecular weight is 536 g/mol. The second-order valence-electron chi connectivity index (χ2n) is 9.11. The standard InChI is InChI=1S/C28H29N3O4S2/c32-25(13-16-31-27(33)24(37-28(31)36)18-21-8-3-1-4-9-21)30(19-22-10-7-17-34-22)20-23-11-12-26(35-23)29-14-5-2-6-15-29/h1,3-4,7-12,17-18H,2,5-6,13-16,19-20H2/b24-18-. The van der Waals surface area contributed by atoms with E-state index in [-0.39, 0.29) is 24.8 Å². The van der Waals surface area contributed by atoms with Crippen LogP contribution in [0.15, 0.2) is 74.6 Å². The molecule has 2 aliphatic heterocycles. The number of hydrogen-bond donors (Lipinski definition) is 0. The highest BCUT2D eigenvalue weighted by molar-refractivity contribution is 8.26. The fourth-order valence-corrected chi connectivity index (χ4v) is 5.81. The molecular weight excluding hydrogens is 506 g/mol. The van der Waals surface area contributed by atoms with Crippen molar-refractivity contribution >= 4 is 52.1 Å². The zero-order chi connectivity index (χ0) is 25.6. The largest absolute Gasteiger partial charge is 0.467 e. The lowest BCUT2D eigenvalue weighted by Gasteiger charge is -2.26. The lowest BCUT2D eigenvalue weighted by molar-refractivity contribution is -0.133. The third-order valence-corrected chi connectivity index (χ3v) is 7.84. The number of rotatable bonds is 9. The quantitative estimate of drug-likeness (QED) is 0.258. The van der Waals surface area contributed by atoms with E-state index >= 15 is 0 Å². The molecule has 0 atom stereocenters. The van der Waals surface area contributed by atoms with Gasteiger partial charge in [0.1, 0.15) is 15.8 Å². The van der Waals surface area contributed by atoms with Gasteiger partial charge >= 0.3 is 0 Å². The van der Waals surface area contributed by atoms with E-state index in [1.54, 1.807) is 17.2 Å². The Bertz CT molecular complexity index is 1260. The van der Waals surface area contributed by atoms with E-state index in [9.17, 15) is 9.59 Å². The van der Waals surface area contributed by atoms with Gasteiger partial charge < -0.3 is 18.6 Å². The molecule has 0 bridgehead atoms. The van der Waals surface area contributed by atoms with Gasteiger partial charge in [-0.1, -0.05) is 54.3 Å². The van der Waals surface area contributed by atoms with Crippen LogP contribution in [-0.4, -0.2) is 45.6 Å². The Morgan fingerprint density at radius 1 is 1.00 bits per heavy atom. The van der Waals surface area contributed by atoms with Crippen molar-refractivity contribution in [3.8, 4) is 0 Å². The summed E-state index contributed by atoms with van der Waals surface area (Å²) in [7, 11) is 0. The van der Waals surface area contributed by atoms with E-state index < -0.39 is 0 Å². The molecule has 5 rings (SSSR count). The number of hydrogen-bond acceptors (Lipinski definition) is 7. The van der Waals surface area contributed by atoms with Crippen molar-refractivity contribution in [1.82, 2.24) is 9.80 Å². The third-order valence-electron chi connectivity index (χ3n) is 6.46. The van der Waals surface area contributed by atoms with Gasteiger partial charge in [-0.2, -0.15) is 0 Å². The Balaban J connectivity index is 1.24.